The van der Waals surface area contributed by atoms with Crippen LogP contribution in [0, 0.1) is 13.8 Å². The van der Waals surface area contributed by atoms with Gasteiger partial charge in [-0.05, 0) is 31.0 Å². The van der Waals surface area contributed by atoms with E-state index in [0.717, 1.165) is 30.0 Å². The molecule has 1 aliphatic rings. The van der Waals surface area contributed by atoms with Gasteiger partial charge >= 0.3 is 0 Å². The molecular formula is C18H24N4O2. The first-order valence-electron chi connectivity index (χ1n) is 8.31. The predicted octanol–water partition coefficient (Wildman–Crippen LogP) is 1.15. The Balaban J connectivity index is 1.58. The van der Waals surface area contributed by atoms with E-state index in [9.17, 15) is 4.79 Å². The SMILES string of the molecule is Cc1cc(C)n(Cc2cccc(CNC(=O)[C@@H]3CNCCO3)c2)n1. The van der Waals surface area contributed by atoms with Crippen LogP contribution in [0.3, 0.4) is 0 Å². The van der Waals surface area contributed by atoms with Crippen molar-refractivity contribution in [2.24, 2.45) is 0 Å². The van der Waals surface area contributed by atoms with Gasteiger partial charge in [0.1, 0.15) is 6.10 Å². The van der Waals surface area contributed by atoms with Gasteiger partial charge in [0.05, 0.1) is 18.8 Å². The van der Waals surface area contributed by atoms with Crippen molar-refractivity contribution in [3.63, 3.8) is 0 Å². The van der Waals surface area contributed by atoms with E-state index in [0.29, 0.717) is 19.7 Å². The fourth-order valence-electron chi connectivity index (χ4n) is 2.88. The molecule has 6 heteroatoms. The Hall–Kier alpha value is -2.18. The van der Waals surface area contributed by atoms with Crippen molar-refractivity contribution in [2.45, 2.75) is 33.0 Å². The second-order valence-electron chi connectivity index (χ2n) is 6.19. The number of aromatic nitrogens is 2. The van der Waals surface area contributed by atoms with Crippen LogP contribution < -0.4 is 10.6 Å². The Morgan fingerprint density at radius 3 is 2.92 bits per heavy atom. The first kappa shape index (κ1) is 16.7. The van der Waals surface area contributed by atoms with Crippen LogP contribution in [0.25, 0.3) is 0 Å². The predicted molar refractivity (Wildman–Crippen MR) is 91.7 cm³/mol. The Kier molecular flexibility index (Phi) is 5.27. The summed E-state index contributed by atoms with van der Waals surface area (Å²) in [6.45, 7) is 7.25. The summed E-state index contributed by atoms with van der Waals surface area (Å²) in [5.41, 5.74) is 4.42. The second-order valence-corrected chi connectivity index (χ2v) is 6.19. The summed E-state index contributed by atoms with van der Waals surface area (Å²) >= 11 is 0. The van der Waals surface area contributed by atoms with Gasteiger partial charge in [0.25, 0.3) is 5.91 Å². The average molecular weight is 328 g/mol. The first-order chi connectivity index (χ1) is 11.6. The lowest BCUT2D eigenvalue weighted by Gasteiger charge is -2.22. The molecule has 6 nitrogen and oxygen atoms in total. The van der Waals surface area contributed by atoms with Gasteiger partial charge in [-0.2, -0.15) is 5.10 Å². The topological polar surface area (TPSA) is 68.2 Å². The van der Waals surface area contributed by atoms with Crippen molar-refractivity contribution < 1.29 is 9.53 Å². The summed E-state index contributed by atoms with van der Waals surface area (Å²) in [5.74, 6) is -0.0638. The molecule has 1 aromatic carbocycles. The largest absolute Gasteiger partial charge is 0.366 e. The number of rotatable bonds is 5. The van der Waals surface area contributed by atoms with E-state index in [2.05, 4.69) is 40.9 Å². The lowest BCUT2D eigenvalue weighted by Crippen LogP contribution is -2.47. The molecule has 0 unspecified atom stereocenters. The molecule has 2 heterocycles. The van der Waals surface area contributed by atoms with Crippen LogP contribution in [0.4, 0.5) is 0 Å². The highest BCUT2D eigenvalue weighted by molar-refractivity contribution is 5.81. The summed E-state index contributed by atoms with van der Waals surface area (Å²) in [5, 5.41) is 10.6. The molecule has 1 aromatic heterocycles. The average Bonchev–Trinajstić information content (AvgIpc) is 2.91. The number of ether oxygens (including phenoxy) is 1. The number of nitrogens with zero attached hydrogens (tertiary/aromatic N) is 2. The fraction of sp³-hybridized carbons (Fsp3) is 0.444. The molecule has 1 fully saturated rings. The monoisotopic (exact) mass is 328 g/mol. The summed E-state index contributed by atoms with van der Waals surface area (Å²) in [7, 11) is 0. The standard InChI is InChI=1S/C18H24N4O2/c1-13-8-14(2)22(21-13)12-16-5-3-4-15(9-16)10-20-18(23)17-11-19-6-7-24-17/h3-5,8-9,17,19H,6-7,10-12H2,1-2H3,(H,20,23)/t17-/m0/s1. The normalized spacial score (nSPS) is 17.7. The molecule has 0 radical (unpaired) electrons. The molecule has 1 amide bonds. The van der Waals surface area contributed by atoms with Crippen LogP contribution in [-0.4, -0.2) is 41.5 Å². The number of carbonyl (C=O) groups is 1. The molecule has 1 saturated heterocycles. The number of amides is 1. The minimum atomic E-state index is -0.392. The zero-order valence-corrected chi connectivity index (χ0v) is 14.2. The maximum atomic E-state index is 12.1. The fourth-order valence-corrected chi connectivity index (χ4v) is 2.88. The Morgan fingerprint density at radius 2 is 2.21 bits per heavy atom. The summed E-state index contributed by atoms with van der Waals surface area (Å²) < 4.78 is 7.45. The van der Waals surface area contributed by atoms with Crippen molar-refractivity contribution in [3.05, 3.63) is 52.8 Å². The van der Waals surface area contributed by atoms with Gasteiger partial charge in [0.2, 0.25) is 0 Å². The van der Waals surface area contributed by atoms with Crippen molar-refractivity contribution in [3.8, 4) is 0 Å². The molecule has 1 atom stereocenters. The molecule has 128 valence electrons. The minimum absolute atomic E-state index is 0.0638. The Labute approximate surface area is 142 Å². The third-order valence-electron chi connectivity index (χ3n) is 4.11. The van der Waals surface area contributed by atoms with Crippen molar-refractivity contribution in [1.82, 2.24) is 20.4 Å². The van der Waals surface area contributed by atoms with Crippen LogP contribution in [-0.2, 0) is 22.6 Å². The zero-order chi connectivity index (χ0) is 16.9. The molecule has 0 aliphatic carbocycles. The minimum Gasteiger partial charge on any atom is -0.366 e. The van der Waals surface area contributed by atoms with E-state index in [1.54, 1.807) is 0 Å². The maximum absolute atomic E-state index is 12.1. The van der Waals surface area contributed by atoms with Crippen molar-refractivity contribution in [2.75, 3.05) is 19.7 Å². The molecule has 2 N–H and O–H groups in total. The summed E-state index contributed by atoms with van der Waals surface area (Å²) in [4.78, 5) is 12.1. The number of aryl methyl sites for hydroxylation is 2. The zero-order valence-electron chi connectivity index (χ0n) is 14.2. The van der Waals surface area contributed by atoms with Gasteiger partial charge in [-0.1, -0.05) is 24.3 Å². The lowest BCUT2D eigenvalue weighted by molar-refractivity contribution is -0.134. The van der Waals surface area contributed by atoms with Crippen LogP contribution in [0.15, 0.2) is 30.3 Å². The van der Waals surface area contributed by atoms with Gasteiger partial charge in [0.15, 0.2) is 0 Å². The lowest BCUT2D eigenvalue weighted by atomic mass is 10.1. The van der Waals surface area contributed by atoms with Crippen molar-refractivity contribution in [1.29, 1.82) is 0 Å². The third kappa shape index (κ3) is 4.21. The number of carbonyl (C=O) groups excluding carboxylic acids is 1. The maximum Gasteiger partial charge on any atom is 0.250 e. The Morgan fingerprint density at radius 1 is 1.38 bits per heavy atom. The van der Waals surface area contributed by atoms with Gasteiger partial charge in [-0.3, -0.25) is 9.48 Å². The molecule has 2 aromatic rings. The van der Waals surface area contributed by atoms with Crippen LogP contribution in [0.2, 0.25) is 0 Å². The smallest absolute Gasteiger partial charge is 0.250 e. The highest BCUT2D eigenvalue weighted by Crippen LogP contribution is 2.10. The molecule has 0 saturated carbocycles. The van der Waals surface area contributed by atoms with Crippen LogP contribution >= 0.6 is 0 Å². The molecule has 1 aliphatic heterocycles. The molecule has 0 spiro atoms. The van der Waals surface area contributed by atoms with E-state index in [1.807, 2.05) is 23.7 Å². The van der Waals surface area contributed by atoms with Gasteiger partial charge in [0, 0.05) is 25.3 Å². The molecular weight excluding hydrogens is 304 g/mol. The highest BCUT2D eigenvalue weighted by Gasteiger charge is 2.21. The number of hydrogen-bond donors (Lipinski definition) is 2. The van der Waals surface area contributed by atoms with Crippen molar-refractivity contribution >= 4 is 5.91 Å². The van der Waals surface area contributed by atoms with E-state index in [4.69, 9.17) is 4.74 Å². The van der Waals surface area contributed by atoms with E-state index in [-0.39, 0.29) is 5.91 Å². The number of benzene rings is 1. The van der Waals surface area contributed by atoms with Crippen LogP contribution in [0.1, 0.15) is 22.5 Å². The summed E-state index contributed by atoms with van der Waals surface area (Å²) in [6, 6.07) is 10.3. The molecule has 3 rings (SSSR count). The Bertz CT molecular complexity index is 705. The molecule has 24 heavy (non-hydrogen) atoms. The van der Waals surface area contributed by atoms with Gasteiger partial charge in [-0.25, -0.2) is 0 Å². The second kappa shape index (κ2) is 7.59. The number of hydrogen-bond acceptors (Lipinski definition) is 4. The number of morpholine rings is 1. The van der Waals surface area contributed by atoms with E-state index in [1.165, 1.54) is 5.56 Å². The first-order valence-corrected chi connectivity index (χ1v) is 8.31. The highest BCUT2D eigenvalue weighted by atomic mass is 16.5. The van der Waals surface area contributed by atoms with Crippen LogP contribution in [0.5, 0.6) is 0 Å². The van der Waals surface area contributed by atoms with Gasteiger partial charge in [-0.15, -0.1) is 0 Å². The summed E-state index contributed by atoms with van der Waals surface area (Å²) in [6.07, 6.45) is -0.392. The molecule has 0 bridgehead atoms. The number of nitrogens with one attached hydrogen (secondary N) is 2. The van der Waals surface area contributed by atoms with E-state index < -0.39 is 6.10 Å². The van der Waals surface area contributed by atoms with Gasteiger partial charge < -0.3 is 15.4 Å². The third-order valence-corrected chi connectivity index (χ3v) is 4.11. The quantitative estimate of drug-likeness (QED) is 0.864. The van der Waals surface area contributed by atoms with E-state index >= 15 is 0 Å².